The van der Waals surface area contributed by atoms with Crippen molar-refractivity contribution >= 4 is 17.6 Å². The molecule has 0 unspecified atom stereocenters. The van der Waals surface area contributed by atoms with Gasteiger partial charge in [-0.25, -0.2) is 9.18 Å². The van der Waals surface area contributed by atoms with Crippen molar-refractivity contribution in [1.82, 2.24) is 0 Å². The number of carboxylic acid groups (broad SMARTS) is 1. The third kappa shape index (κ3) is 2.78. The molecule has 1 N–H and O–H groups in total. The number of hydrogen-bond acceptors (Lipinski definition) is 2. The maximum absolute atomic E-state index is 12.9. The van der Waals surface area contributed by atoms with Crippen LogP contribution in [0.3, 0.4) is 0 Å². The van der Waals surface area contributed by atoms with E-state index in [2.05, 4.69) is 0 Å². The summed E-state index contributed by atoms with van der Waals surface area (Å²) < 4.78 is 18.3. The minimum Gasteiger partial charge on any atom is -0.478 e. The molecule has 0 aliphatic carbocycles. The molecule has 0 spiro atoms. The van der Waals surface area contributed by atoms with Crippen LogP contribution >= 0.6 is 11.6 Å². The van der Waals surface area contributed by atoms with E-state index in [1.54, 1.807) is 12.1 Å². The van der Waals surface area contributed by atoms with Gasteiger partial charge in [0.15, 0.2) is 0 Å². The summed E-state index contributed by atoms with van der Waals surface area (Å²) in [5.74, 6) is -0.901. The van der Waals surface area contributed by atoms with Crippen LogP contribution in [0.2, 0.25) is 5.02 Å². The van der Waals surface area contributed by atoms with Crippen molar-refractivity contribution < 1.29 is 19.0 Å². The summed E-state index contributed by atoms with van der Waals surface area (Å²) in [5, 5.41) is 8.78. The van der Waals surface area contributed by atoms with Crippen LogP contribution in [-0.2, 0) is 0 Å². The molecule has 0 amide bonds. The molecule has 0 fully saturated rings. The normalized spacial score (nSPS) is 10.1. The topological polar surface area (TPSA) is 46.5 Å². The fourth-order valence-electron chi connectivity index (χ4n) is 1.37. The van der Waals surface area contributed by atoms with Crippen molar-refractivity contribution in [3.8, 4) is 11.5 Å². The smallest absolute Gasteiger partial charge is 0.335 e. The fourth-order valence-corrected chi connectivity index (χ4v) is 1.54. The molecule has 2 rings (SSSR count). The molecule has 3 nitrogen and oxygen atoms in total. The lowest BCUT2D eigenvalue weighted by atomic mass is 10.2. The molecule has 0 radical (unpaired) electrons. The second kappa shape index (κ2) is 5.06. The summed E-state index contributed by atoms with van der Waals surface area (Å²) in [4.78, 5) is 10.8. The van der Waals surface area contributed by atoms with Crippen LogP contribution < -0.4 is 4.74 Å². The van der Waals surface area contributed by atoms with Gasteiger partial charge in [-0.1, -0.05) is 17.7 Å². The summed E-state index contributed by atoms with van der Waals surface area (Å²) in [5.41, 5.74) is 0.112. The molecule has 0 saturated heterocycles. The third-order valence-electron chi connectivity index (χ3n) is 2.21. The number of benzene rings is 2. The Morgan fingerprint density at radius 2 is 1.89 bits per heavy atom. The van der Waals surface area contributed by atoms with E-state index in [1.807, 2.05) is 0 Å². The summed E-state index contributed by atoms with van der Waals surface area (Å²) in [6.45, 7) is 0. The largest absolute Gasteiger partial charge is 0.478 e. The summed E-state index contributed by atoms with van der Waals surface area (Å²) >= 11 is 5.61. The highest BCUT2D eigenvalue weighted by molar-refractivity contribution is 6.30. The van der Waals surface area contributed by atoms with E-state index in [0.717, 1.165) is 0 Å². The van der Waals surface area contributed by atoms with Crippen LogP contribution in [0.5, 0.6) is 11.5 Å². The van der Waals surface area contributed by atoms with Crippen LogP contribution in [0.4, 0.5) is 4.39 Å². The van der Waals surface area contributed by atoms with E-state index in [1.165, 1.54) is 30.3 Å². The van der Waals surface area contributed by atoms with Gasteiger partial charge in [0, 0.05) is 6.07 Å². The maximum Gasteiger partial charge on any atom is 0.335 e. The number of aromatic carboxylic acids is 1. The predicted octanol–water partition coefficient (Wildman–Crippen LogP) is 3.97. The highest BCUT2D eigenvalue weighted by atomic mass is 35.5. The number of ether oxygens (including phenoxy) is 1. The second-order valence-electron chi connectivity index (χ2n) is 3.51. The first-order valence-corrected chi connectivity index (χ1v) is 5.40. The van der Waals surface area contributed by atoms with E-state index >= 15 is 0 Å². The Bertz CT molecular complexity index is 599. The Labute approximate surface area is 107 Å². The highest BCUT2D eigenvalue weighted by Gasteiger charge is 2.06. The quantitative estimate of drug-likeness (QED) is 0.914. The van der Waals surface area contributed by atoms with Crippen molar-refractivity contribution in [3.05, 3.63) is 58.9 Å². The zero-order valence-corrected chi connectivity index (χ0v) is 9.82. The van der Waals surface area contributed by atoms with Gasteiger partial charge in [-0.2, -0.15) is 0 Å². The van der Waals surface area contributed by atoms with Crippen LogP contribution in [0.1, 0.15) is 10.4 Å². The molecule has 5 heteroatoms. The van der Waals surface area contributed by atoms with Crippen molar-refractivity contribution in [2.75, 3.05) is 0 Å². The van der Waals surface area contributed by atoms with Crippen molar-refractivity contribution in [3.63, 3.8) is 0 Å². The Morgan fingerprint density at radius 1 is 1.17 bits per heavy atom. The van der Waals surface area contributed by atoms with Gasteiger partial charge in [0.05, 0.1) is 10.6 Å². The average molecular weight is 267 g/mol. The van der Waals surface area contributed by atoms with E-state index < -0.39 is 11.8 Å². The number of rotatable bonds is 3. The molecule has 0 aliphatic rings. The zero-order valence-electron chi connectivity index (χ0n) is 9.06. The van der Waals surface area contributed by atoms with Crippen molar-refractivity contribution in [2.24, 2.45) is 0 Å². The molecule has 2 aromatic carbocycles. The molecule has 0 heterocycles. The first-order valence-electron chi connectivity index (χ1n) is 5.02. The van der Waals surface area contributed by atoms with Crippen molar-refractivity contribution in [2.45, 2.75) is 0 Å². The van der Waals surface area contributed by atoms with Crippen molar-refractivity contribution in [1.29, 1.82) is 0 Å². The molecule has 18 heavy (non-hydrogen) atoms. The number of hydrogen-bond donors (Lipinski definition) is 1. The predicted molar refractivity (Wildman–Crippen MR) is 64.9 cm³/mol. The molecule has 0 saturated carbocycles. The summed E-state index contributed by atoms with van der Waals surface area (Å²) in [6.07, 6.45) is 0. The lowest BCUT2D eigenvalue weighted by molar-refractivity contribution is 0.0696. The van der Waals surface area contributed by atoms with Gasteiger partial charge >= 0.3 is 5.97 Å². The van der Waals surface area contributed by atoms with Crippen LogP contribution in [0.15, 0.2) is 42.5 Å². The second-order valence-corrected chi connectivity index (χ2v) is 3.92. The molecule has 92 valence electrons. The average Bonchev–Trinajstić information content (AvgIpc) is 2.34. The van der Waals surface area contributed by atoms with E-state index in [4.69, 9.17) is 21.4 Å². The van der Waals surface area contributed by atoms with E-state index in [0.29, 0.717) is 11.5 Å². The maximum atomic E-state index is 12.9. The monoisotopic (exact) mass is 266 g/mol. The SMILES string of the molecule is O=C(O)c1cccc(Oc2ccc(F)c(Cl)c2)c1. The molecule has 2 aromatic rings. The molecular formula is C13H8ClFO3. The Hall–Kier alpha value is -2.07. The first kappa shape index (κ1) is 12.4. The molecular weight excluding hydrogens is 259 g/mol. The van der Waals surface area contributed by atoms with Crippen LogP contribution in [-0.4, -0.2) is 11.1 Å². The number of carbonyl (C=O) groups is 1. The molecule has 0 bridgehead atoms. The van der Waals surface area contributed by atoms with Gasteiger partial charge in [-0.05, 0) is 30.3 Å². The Morgan fingerprint density at radius 3 is 2.56 bits per heavy atom. The van der Waals surface area contributed by atoms with Gasteiger partial charge in [0.2, 0.25) is 0 Å². The molecule has 0 aliphatic heterocycles. The van der Waals surface area contributed by atoms with Gasteiger partial charge in [0.25, 0.3) is 0 Å². The summed E-state index contributed by atoms with van der Waals surface area (Å²) in [7, 11) is 0. The zero-order chi connectivity index (χ0) is 13.1. The summed E-state index contributed by atoms with van der Waals surface area (Å²) in [6, 6.07) is 9.90. The Balaban J connectivity index is 2.25. The molecule has 0 aromatic heterocycles. The first-order chi connectivity index (χ1) is 8.56. The minimum absolute atomic E-state index is 0.0538. The van der Waals surface area contributed by atoms with E-state index in [9.17, 15) is 9.18 Å². The third-order valence-corrected chi connectivity index (χ3v) is 2.50. The van der Waals surface area contributed by atoms with Gasteiger partial charge in [-0.3, -0.25) is 0 Å². The standard InChI is InChI=1S/C13H8ClFO3/c14-11-7-10(4-5-12(11)15)18-9-3-1-2-8(6-9)13(16)17/h1-7H,(H,16,17). The van der Waals surface area contributed by atoms with Crippen LogP contribution in [0, 0.1) is 5.82 Å². The fraction of sp³-hybridized carbons (Fsp3) is 0. The van der Waals surface area contributed by atoms with E-state index in [-0.39, 0.29) is 10.6 Å². The van der Waals surface area contributed by atoms with Gasteiger partial charge in [0.1, 0.15) is 17.3 Å². The lowest BCUT2D eigenvalue weighted by Crippen LogP contribution is -1.96. The minimum atomic E-state index is -1.04. The number of halogens is 2. The Kier molecular flexibility index (Phi) is 3.48. The van der Waals surface area contributed by atoms with Crippen LogP contribution in [0.25, 0.3) is 0 Å². The number of carboxylic acids is 1. The lowest BCUT2D eigenvalue weighted by Gasteiger charge is -2.06. The molecule has 0 atom stereocenters. The highest BCUT2D eigenvalue weighted by Crippen LogP contribution is 2.26. The van der Waals surface area contributed by atoms with Gasteiger partial charge < -0.3 is 9.84 Å². The van der Waals surface area contributed by atoms with Gasteiger partial charge in [-0.15, -0.1) is 0 Å².